The van der Waals surface area contributed by atoms with E-state index >= 15 is 0 Å². The summed E-state index contributed by atoms with van der Waals surface area (Å²) in [5.41, 5.74) is 2.86. The topological polar surface area (TPSA) is 0 Å². The standard InChI is InChI=1S/C11H22Si/c1-7-11(10(2)3)8-9-12(4,5)6/h7H,1,8-9H2,2-6H3. The zero-order valence-corrected chi connectivity index (χ0v) is 10.2. The van der Waals surface area contributed by atoms with E-state index in [9.17, 15) is 0 Å². The predicted molar refractivity (Wildman–Crippen MR) is 61.3 cm³/mol. The third kappa shape index (κ3) is 5.36. The molecule has 0 amide bonds. The van der Waals surface area contributed by atoms with Gasteiger partial charge in [-0.1, -0.05) is 49.5 Å². The van der Waals surface area contributed by atoms with Gasteiger partial charge >= 0.3 is 0 Å². The Hall–Kier alpha value is -0.303. The van der Waals surface area contributed by atoms with E-state index in [0.717, 1.165) is 0 Å². The summed E-state index contributed by atoms with van der Waals surface area (Å²) < 4.78 is 0. The molecule has 0 radical (unpaired) electrons. The number of rotatable bonds is 4. The van der Waals surface area contributed by atoms with Crippen LogP contribution in [0.15, 0.2) is 23.8 Å². The molecule has 12 heavy (non-hydrogen) atoms. The van der Waals surface area contributed by atoms with E-state index in [-0.39, 0.29) is 0 Å². The molecule has 0 saturated heterocycles. The van der Waals surface area contributed by atoms with Crippen LogP contribution in [0.4, 0.5) is 0 Å². The van der Waals surface area contributed by atoms with E-state index in [4.69, 9.17) is 0 Å². The van der Waals surface area contributed by atoms with E-state index in [1.165, 1.54) is 23.6 Å². The largest absolute Gasteiger partial charge is 0.0988 e. The molecule has 1 heteroatoms. The van der Waals surface area contributed by atoms with Gasteiger partial charge in [-0.15, -0.1) is 0 Å². The smallest absolute Gasteiger partial charge is 0.0445 e. The first-order valence-corrected chi connectivity index (χ1v) is 8.36. The minimum absolute atomic E-state index is 0.864. The fraction of sp³-hybridized carbons (Fsp3) is 0.636. The molecule has 0 bridgehead atoms. The molecule has 0 saturated carbocycles. The summed E-state index contributed by atoms with van der Waals surface area (Å²) in [7, 11) is -0.864. The highest BCUT2D eigenvalue weighted by atomic mass is 28.3. The Morgan fingerprint density at radius 2 is 1.75 bits per heavy atom. The predicted octanol–water partition coefficient (Wildman–Crippen LogP) is 4.24. The Balaban J connectivity index is 4.09. The van der Waals surface area contributed by atoms with Crippen LogP contribution < -0.4 is 0 Å². The van der Waals surface area contributed by atoms with Crippen LogP contribution in [-0.4, -0.2) is 8.07 Å². The van der Waals surface area contributed by atoms with Crippen LogP contribution in [-0.2, 0) is 0 Å². The van der Waals surface area contributed by atoms with Gasteiger partial charge in [0.25, 0.3) is 0 Å². The van der Waals surface area contributed by atoms with E-state index in [1.807, 2.05) is 6.08 Å². The first-order valence-electron chi connectivity index (χ1n) is 4.65. The average Bonchev–Trinajstić information content (AvgIpc) is 1.85. The Bertz CT molecular complexity index is 178. The van der Waals surface area contributed by atoms with Gasteiger partial charge < -0.3 is 0 Å². The van der Waals surface area contributed by atoms with Crippen molar-refractivity contribution < 1.29 is 0 Å². The second-order valence-corrected chi connectivity index (χ2v) is 10.4. The Kier molecular flexibility index (Phi) is 4.54. The molecule has 0 heterocycles. The lowest BCUT2D eigenvalue weighted by Crippen LogP contribution is -2.18. The lowest BCUT2D eigenvalue weighted by atomic mass is 10.1. The van der Waals surface area contributed by atoms with Crippen molar-refractivity contribution in [3.05, 3.63) is 23.8 Å². The first kappa shape index (κ1) is 11.7. The Morgan fingerprint density at radius 1 is 1.25 bits per heavy atom. The lowest BCUT2D eigenvalue weighted by molar-refractivity contribution is 1.07. The molecular formula is C11H22Si. The van der Waals surface area contributed by atoms with Crippen LogP contribution in [0.25, 0.3) is 0 Å². The molecule has 0 aromatic carbocycles. The van der Waals surface area contributed by atoms with Crippen LogP contribution in [0.3, 0.4) is 0 Å². The highest BCUT2D eigenvalue weighted by Crippen LogP contribution is 2.18. The summed E-state index contributed by atoms with van der Waals surface area (Å²) in [6, 6.07) is 1.37. The molecule has 0 unspecified atom stereocenters. The van der Waals surface area contributed by atoms with Crippen LogP contribution in [0.5, 0.6) is 0 Å². The van der Waals surface area contributed by atoms with Crippen LogP contribution >= 0.6 is 0 Å². The van der Waals surface area contributed by atoms with Gasteiger partial charge in [-0.25, -0.2) is 0 Å². The summed E-state index contributed by atoms with van der Waals surface area (Å²) in [5, 5.41) is 0. The maximum Gasteiger partial charge on any atom is 0.0445 e. The quantitative estimate of drug-likeness (QED) is 0.451. The van der Waals surface area contributed by atoms with Gasteiger partial charge in [-0.05, 0) is 20.3 Å². The molecule has 0 aromatic heterocycles. The molecule has 0 aliphatic carbocycles. The van der Waals surface area contributed by atoms with Crippen molar-refractivity contribution in [3.63, 3.8) is 0 Å². The minimum atomic E-state index is -0.864. The molecular weight excluding hydrogens is 160 g/mol. The molecule has 0 rings (SSSR count). The summed E-state index contributed by atoms with van der Waals surface area (Å²) in [6.45, 7) is 15.4. The molecule has 0 atom stereocenters. The van der Waals surface area contributed by atoms with Gasteiger partial charge in [-0.2, -0.15) is 0 Å². The highest BCUT2D eigenvalue weighted by molar-refractivity contribution is 6.76. The first-order chi connectivity index (χ1) is 5.37. The second kappa shape index (κ2) is 4.66. The number of hydrogen-bond acceptors (Lipinski definition) is 0. The third-order valence-electron chi connectivity index (χ3n) is 2.03. The normalized spacial score (nSPS) is 11.1. The fourth-order valence-corrected chi connectivity index (χ4v) is 2.09. The van der Waals surface area contributed by atoms with Gasteiger partial charge in [0.05, 0.1) is 0 Å². The summed E-state index contributed by atoms with van der Waals surface area (Å²) in [4.78, 5) is 0. The maximum atomic E-state index is 3.84. The monoisotopic (exact) mass is 182 g/mol. The molecule has 0 fully saturated rings. The lowest BCUT2D eigenvalue weighted by Gasteiger charge is -2.16. The molecule has 0 aliphatic rings. The third-order valence-corrected chi connectivity index (χ3v) is 3.78. The SMILES string of the molecule is C=CC(CC[Si](C)(C)C)=C(C)C. The second-order valence-electron chi connectivity index (χ2n) is 4.79. The molecule has 0 nitrogen and oxygen atoms in total. The van der Waals surface area contributed by atoms with E-state index < -0.39 is 8.07 Å². The summed E-state index contributed by atoms with van der Waals surface area (Å²) in [5.74, 6) is 0. The van der Waals surface area contributed by atoms with Crippen LogP contribution in [0.2, 0.25) is 25.7 Å². The van der Waals surface area contributed by atoms with E-state index in [2.05, 4.69) is 40.1 Å². The highest BCUT2D eigenvalue weighted by Gasteiger charge is 2.12. The van der Waals surface area contributed by atoms with Crippen molar-refractivity contribution in [3.8, 4) is 0 Å². The van der Waals surface area contributed by atoms with Gasteiger partial charge in [-0.3, -0.25) is 0 Å². The molecule has 0 aliphatic heterocycles. The van der Waals surface area contributed by atoms with E-state index in [0.29, 0.717) is 0 Å². The Labute approximate surface area is 78.4 Å². The van der Waals surface area contributed by atoms with Crippen molar-refractivity contribution >= 4 is 8.07 Å². The minimum Gasteiger partial charge on any atom is -0.0988 e. The number of hydrogen-bond donors (Lipinski definition) is 0. The average molecular weight is 182 g/mol. The van der Waals surface area contributed by atoms with Crippen molar-refractivity contribution in [2.24, 2.45) is 0 Å². The Morgan fingerprint density at radius 3 is 2.00 bits per heavy atom. The van der Waals surface area contributed by atoms with Crippen LogP contribution in [0, 0.1) is 0 Å². The zero-order valence-electron chi connectivity index (χ0n) is 9.20. The van der Waals surface area contributed by atoms with Crippen molar-refractivity contribution in [1.82, 2.24) is 0 Å². The van der Waals surface area contributed by atoms with Gasteiger partial charge in [0.15, 0.2) is 0 Å². The van der Waals surface area contributed by atoms with Gasteiger partial charge in [0.2, 0.25) is 0 Å². The summed E-state index contributed by atoms with van der Waals surface area (Å²) >= 11 is 0. The molecule has 70 valence electrons. The van der Waals surface area contributed by atoms with Gasteiger partial charge in [0.1, 0.15) is 0 Å². The van der Waals surface area contributed by atoms with Crippen molar-refractivity contribution in [2.75, 3.05) is 0 Å². The zero-order chi connectivity index (χ0) is 9.78. The van der Waals surface area contributed by atoms with Crippen molar-refractivity contribution in [2.45, 2.75) is 46.0 Å². The van der Waals surface area contributed by atoms with E-state index in [1.54, 1.807) is 0 Å². The van der Waals surface area contributed by atoms with Crippen LogP contribution in [0.1, 0.15) is 20.3 Å². The molecule has 0 spiro atoms. The fourth-order valence-electron chi connectivity index (χ4n) is 1.07. The summed E-state index contributed by atoms with van der Waals surface area (Å²) in [6.07, 6.45) is 3.23. The van der Waals surface area contributed by atoms with Crippen molar-refractivity contribution in [1.29, 1.82) is 0 Å². The van der Waals surface area contributed by atoms with Gasteiger partial charge in [0, 0.05) is 8.07 Å². The molecule has 0 N–H and O–H groups in total. The number of allylic oxidation sites excluding steroid dienone is 3. The molecule has 0 aromatic rings. The maximum absolute atomic E-state index is 3.84.